The molecular formula is C21H34N2O2. The van der Waals surface area contributed by atoms with Gasteiger partial charge in [0.05, 0.1) is 11.4 Å². The summed E-state index contributed by atoms with van der Waals surface area (Å²) in [6.45, 7) is 13.0. The normalized spacial score (nSPS) is 16.2. The average Bonchev–Trinajstić information content (AvgIpc) is 2.52. The number of anilines is 2. The summed E-state index contributed by atoms with van der Waals surface area (Å²) in [4.78, 5) is 14.0. The van der Waals surface area contributed by atoms with Crippen molar-refractivity contribution in [1.29, 1.82) is 0 Å². The number of hydrogen-bond acceptors (Lipinski definition) is 4. The second-order valence-corrected chi connectivity index (χ2v) is 8.43. The van der Waals surface area contributed by atoms with E-state index < -0.39 is 0 Å². The number of Topliss-reactive ketones (excluding diaryl/α,β-unsaturated/α-hetero) is 1. The monoisotopic (exact) mass is 346 g/mol. The molecule has 0 aliphatic carbocycles. The molecular weight excluding hydrogens is 312 g/mol. The van der Waals surface area contributed by atoms with Gasteiger partial charge in [-0.3, -0.25) is 4.79 Å². The zero-order chi connectivity index (χ0) is 18.6. The Morgan fingerprint density at radius 1 is 1.32 bits per heavy atom. The highest BCUT2D eigenvalue weighted by molar-refractivity contribution is 5.77. The Morgan fingerprint density at radius 3 is 2.48 bits per heavy atom. The number of carbonyl (C=O) groups is 1. The van der Waals surface area contributed by atoms with Gasteiger partial charge in [0.1, 0.15) is 5.78 Å². The average molecular weight is 347 g/mol. The molecule has 4 heteroatoms. The Labute approximate surface area is 152 Å². The van der Waals surface area contributed by atoms with Gasteiger partial charge in [-0.05, 0) is 48.8 Å². The van der Waals surface area contributed by atoms with Crippen LogP contribution >= 0.6 is 0 Å². The van der Waals surface area contributed by atoms with Gasteiger partial charge in [-0.15, -0.1) is 0 Å². The number of rotatable bonds is 7. The zero-order valence-electron chi connectivity index (χ0n) is 16.5. The van der Waals surface area contributed by atoms with Crippen LogP contribution in [-0.4, -0.2) is 31.6 Å². The Bertz CT molecular complexity index is 590. The summed E-state index contributed by atoms with van der Waals surface area (Å²) in [5, 5.41) is 0. The molecule has 1 aliphatic heterocycles. The van der Waals surface area contributed by atoms with Crippen LogP contribution in [0.1, 0.15) is 59.4 Å². The van der Waals surface area contributed by atoms with Crippen LogP contribution in [0, 0.1) is 5.92 Å². The maximum Gasteiger partial charge on any atom is 0.130 e. The van der Waals surface area contributed by atoms with Crippen molar-refractivity contribution < 1.29 is 9.53 Å². The minimum Gasteiger partial charge on any atom is -0.397 e. The smallest absolute Gasteiger partial charge is 0.130 e. The first-order valence-electron chi connectivity index (χ1n) is 9.44. The molecule has 1 aliphatic rings. The van der Waals surface area contributed by atoms with E-state index in [4.69, 9.17) is 10.5 Å². The lowest BCUT2D eigenvalue weighted by molar-refractivity contribution is -0.118. The SMILES string of the molecule is CC(=O)CC(C)(C)c1ccc(N(CC(C)C)C2CCOCC2)c(N)c1. The molecule has 1 heterocycles. The second kappa shape index (κ2) is 8.22. The van der Waals surface area contributed by atoms with E-state index in [1.54, 1.807) is 6.92 Å². The molecule has 0 bridgehead atoms. The van der Waals surface area contributed by atoms with Gasteiger partial charge < -0.3 is 15.4 Å². The summed E-state index contributed by atoms with van der Waals surface area (Å²) in [6, 6.07) is 6.82. The highest BCUT2D eigenvalue weighted by Gasteiger charge is 2.27. The van der Waals surface area contributed by atoms with Crippen molar-refractivity contribution in [1.82, 2.24) is 0 Å². The highest BCUT2D eigenvalue weighted by atomic mass is 16.5. The minimum atomic E-state index is -0.194. The number of ketones is 1. The molecule has 1 fully saturated rings. The molecule has 25 heavy (non-hydrogen) atoms. The van der Waals surface area contributed by atoms with E-state index in [2.05, 4.69) is 50.8 Å². The molecule has 2 rings (SSSR count). The van der Waals surface area contributed by atoms with E-state index >= 15 is 0 Å². The van der Waals surface area contributed by atoms with Gasteiger partial charge in [0, 0.05) is 32.2 Å². The van der Waals surface area contributed by atoms with Crippen LogP contribution in [0.15, 0.2) is 18.2 Å². The standard InChI is InChI=1S/C21H34N2O2/c1-15(2)14-23(18-8-10-25-11-9-18)20-7-6-17(12-19(20)22)21(4,5)13-16(3)24/h6-7,12,15,18H,8-11,13-14,22H2,1-5H3. The first-order chi connectivity index (χ1) is 11.7. The fraction of sp³-hybridized carbons (Fsp3) is 0.667. The van der Waals surface area contributed by atoms with Crippen LogP contribution in [0.5, 0.6) is 0 Å². The predicted molar refractivity (Wildman–Crippen MR) is 105 cm³/mol. The van der Waals surface area contributed by atoms with Gasteiger partial charge in [0.25, 0.3) is 0 Å². The third kappa shape index (κ3) is 5.21. The third-order valence-electron chi connectivity index (χ3n) is 5.00. The molecule has 2 N–H and O–H groups in total. The molecule has 0 unspecified atom stereocenters. The highest BCUT2D eigenvalue weighted by Crippen LogP contribution is 2.35. The molecule has 0 aromatic heterocycles. The molecule has 140 valence electrons. The van der Waals surface area contributed by atoms with Crippen molar-refractivity contribution in [2.45, 2.75) is 65.3 Å². The fourth-order valence-corrected chi connectivity index (χ4v) is 3.80. The lowest BCUT2D eigenvalue weighted by Crippen LogP contribution is -2.42. The Hall–Kier alpha value is -1.55. The summed E-state index contributed by atoms with van der Waals surface area (Å²) in [6.07, 6.45) is 2.62. The van der Waals surface area contributed by atoms with Crippen LogP contribution in [0.4, 0.5) is 11.4 Å². The molecule has 0 amide bonds. The van der Waals surface area contributed by atoms with Crippen molar-refractivity contribution >= 4 is 17.2 Å². The van der Waals surface area contributed by atoms with Crippen LogP contribution in [0.3, 0.4) is 0 Å². The Morgan fingerprint density at radius 2 is 1.96 bits per heavy atom. The molecule has 0 saturated carbocycles. The van der Waals surface area contributed by atoms with Gasteiger partial charge in [-0.2, -0.15) is 0 Å². The quantitative estimate of drug-likeness (QED) is 0.753. The Balaban J connectivity index is 2.30. The molecule has 0 radical (unpaired) electrons. The molecule has 0 spiro atoms. The van der Waals surface area contributed by atoms with E-state index in [1.165, 1.54) is 0 Å². The topological polar surface area (TPSA) is 55.6 Å². The molecule has 1 aromatic carbocycles. The van der Waals surface area contributed by atoms with Crippen molar-refractivity contribution in [3.8, 4) is 0 Å². The maximum atomic E-state index is 11.6. The number of hydrogen-bond donors (Lipinski definition) is 1. The van der Waals surface area contributed by atoms with Crippen LogP contribution in [0.2, 0.25) is 0 Å². The number of benzene rings is 1. The van der Waals surface area contributed by atoms with Crippen LogP contribution in [0.25, 0.3) is 0 Å². The van der Waals surface area contributed by atoms with E-state index in [0.717, 1.165) is 49.5 Å². The maximum absolute atomic E-state index is 11.6. The number of carbonyl (C=O) groups excluding carboxylic acids is 1. The summed E-state index contributed by atoms with van der Waals surface area (Å²) >= 11 is 0. The first kappa shape index (κ1) is 19.8. The summed E-state index contributed by atoms with van der Waals surface area (Å²) < 4.78 is 5.53. The van der Waals surface area contributed by atoms with Crippen LogP contribution in [-0.2, 0) is 14.9 Å². The van der Waals surface area contributed by atoms with Crippen molar-refractivity contribution in [2.24, 2.45) is 5.92 Å². The van der Waals surface area contributed by atoms with Gasteiger partial charge in [-0.1, -0.05) is 33.8 Å². The van der Waals surface area contributed by atoms with E-state index in [1.807, 2.05) is 0 Å². The summed E-state index contributed by atoms with van der Waals surface area (Å²) in [5.41, 5.74) is 9.33. The minimum absolute atomic E-state index is 0.194. The van der Waals surface area contributed by atoms with Gasteiger partial charge >= 0.3 is 0 Å². The van der Waals surface area contributed by atoms with Crippen LogP contribution < -0.4 is 10.6 Å². The van der Waals surface area contributed by atoms with E-state index in [0.29, 0.717) is 18.4 Å². The van der Waals surface area contributed by atoms with Gasteiger partial charge in [-0.25, -0.2) is 0 Å². The number of ether oxygens (including phenoxy) is 1. The predicted octanol–water partition coefficient (Wildman–Crippen LogP) is 4.17. The van der Waals surface area contributed by atoms with Crippen molar-refractivity contribution in [3.05, 3.63) is 23.8 Å². The fourth-order valence-electron chi connectivity index (χ4n) is 3.80. The van der Waals surface area contributed by atoms with E-state index in [9.17, 15) is 4.79 Å². The zero-order valence-corrected chi connectivity index (χ0v) is 16.5. The lowest BCUT2D eigenvalue weighted by atomic mass is 9.80. The van der Waals surface area contributed by atoms with E-state index in [-0.39, 0.29) is 11.2 Å². The lowest BCUT2D eigenvalue weighted by Gasteiger charge is -2.38. The first-order valence-corrected chi connectivity index (χ1v) is 9.44. The number of nitrogens with zero attached hydrogens (tertiary/aromatic N) is 1. The largest absolute Gasteiger partial charge is 0.397 e. The van der Waals surface area contributed by atoms with Gasteiger partial charge in [0.2, 0.25) is 0 Å². The van der Waals surface area contributed by atoms with Crippen molar-refractivity contribution in [2.75, 3.05) is 30.4 Å². The number of nitrogens with two attached hydrogens (primary N) is 1. The third-order valence-corrected chi connectivity index (χ3v) is 5.00. The second-order valence-electron chi connectivity index (χ2n) is 8.43. The summed E-state index contributed by atoms with van der Waals surface area (Å²) in [5.74, 6) is 0.771. The molecule has 1 aromatic rings. The van der Waals surface area contributed by atoms with Gasteiger partial charge in [0.15, 0.2) is 0 Å². The molecule has 0 atom stereocenters. The van der Waals surface area contributed by atoms with Crippen molar-refractivity contribution in [3.63, 3.8) is 0 Å². The molecule has 4 nitrogen and oxygen atoms in total. The summed E-state index contributed by atoms with van der Waals surface area (Å²) in [7, 11) is 0. The number of nitrogen functional groups attached to an aromatic ring is 1. The Kier molecular flexibility index (Phi) is 6.50. The molecule has 1 saturated heterocycles.